The molecule has 2 atom stereocenters. The molecule has 1 aromatic heterocycles. The van der Waals surface area contributed by atoms with Crippen molar-refractivity contribution in [3.8, 4) is 0 Å². The van der Waals surface area contributed by atoms with Gasteiger partial charge in [0.05, 0.1) is 6.61 Å². The normalized spacial score (nSPS) is 29.5. The number of fused-ring (bicyclic) bond motifs is 2. The van der Waals surface area contributed by atoms with Crippen molar-refractivity contribution in [1.82, 2.24) is 4.90 Å². The topological polar surface area (TPSA) is 49.8 Å². The van der Waals surface area contributed by atoms with Crippen LogP contribution in [-0.4, -0.2) is 35.3 Å². The lowest BCUT2D eigenvalue weighted by Crippen LogP contribution is -2.51. The third kappa shape index (κ3) is 2.13. The van der Waals surface area contributed by atoms with E-state index in [1.165, 1.54) is 20.2 Å². The number of ether oxygens (including phenoxy) is 1. The van der Waals surface area contributed by atoms with Crippen molar-refractivity contribution < 1.29 is 14.6 Å². The molecule has 0 radical (unpaired) electrons. The summed E-state index contributed by atoms with van der Waals surface area (Å²) in [5.74, 6) is 0. The SMILES string of the molecule is CCc1cc2c(s1)[C@]1(CCN(C(=O)O)[C@@H](C)C1)OCC2. The number of likely N-dealkylation sites (tertiary alicyclic amines) is 1. The molecule has 3 heterocycles. The molecule has 0 aromatic carbocycles. The fourth-order valence-corrected chi connectivity index (χ4v) is 4.82. The highest BCUT2D eigenvalue weighted by molar-refractivity contribution is 7.12. The zero-order valence-electron chi connectivity index (χ0n) is 12.0. The van der Waals surface area contributed by atoms with Gasteiger partial charge in [-0.15, -0.1) is 11.3 Å². The molecule has 0 unspecified atom stereocenters. The second-order valence-corrected chi connectivity index (χ2v) is 6.93. The van der Waals surface area contributed by atoms with E-state index in [9.17, 15) is 9.90 Å². The molecule has 20 heavy (non-hydrogen) atoms. The molecule has 0 bridgehead atoms. The average Bonchev–Trinajstić information content (AvgIpc) is 2.83. The van der Waals surface area contributed by atoms with Gasteiger partial charge in [0.1, 0.15) is 5.60 Å². The Labute approximate surface area is 123 Å². The number of carbonyl (C=O) groups is 1. The third-order valence-electron chi connectivity index (χ3n) is 4.53. The maximum atomic E-state index is 11.2. The summed E-state index contributed by atoms with van der Waals surface area (Å²) in [4.78, 5) is 15.5. The molecule has 2 aliphatic rings. The molecular formula is C15H21NO3S. The first-order chi connectivity index (χ1) is 9.55. The minimum Gasteiger partial charge on any atom is -0.465 e. The van der Waals surface area contributed by atoms with E-state index in [1.54, 1.807) is 0 Å². The number of carboxylic acid groups (broad SMARTS) is 1. The molecule has 1 spiro atoms. The van der Waals surface area contributed by atoms with Gasteiger partial charge in [0.25, 0.3) is 0 Å². The number of hydrogen-bond donors (Lipinski definition) is 1. The third-order valence-corrected chi connectivity index (χ3v) is 6.04. The zero-order chi connectivity index (χ0) is 14.3. The maximum absolute atomic E-state index is 11.2. The Balaban J connectivity index is 1.91. The largest absolute Gasteiger partial charge is 0.465 e. The first-order valence-electron chi connectivity index (χ1n) is 7.31. The van der Waals surface area contributed by atoms with Crippen molar-refractivity contribution in [2.24, 2.45) is 0 Å². The summed E-state index contributed by atoms with van der Waals surface area (Å²) in [7, 11) is 0. The summed E-state index contributed by atoms with van der Waals surface area (Å²) < 4.78 is 6.18. The number of nitrogens with zero attached hydrogens (tertiary/aromatic N) is 1. The minimum atomic E-state index is -0.816. The van der Waals surface area contributed by atoms with Gasteiger partial charge in [0.2, 0.25) is 0 Å². The molecule has 0 saturated carbocycles. The average molecular weight is 295 g/mol. The van der Waals surface area contributed by atoms with Crippen molar-refractivity contribution in [2.75, 3.05) is 13.2 Å². The van der Waals surface area contributed by atoms with Crippen molar-refractivity contribution in [3.63, 3.8) is 0 Å². The second-order valence-electron chi connectivity index (χ2n) is 5.79. The number of rotatable bonds is 1. The van der Waals surface area contributed by atoms with Crippen molar-refractivity contribution in [3.05, 3.63) is 21.4 Å². The van der Waals surface area contributed by atoms with Gasteiger partial charge in [-0.25, -0.2) is 4.79 Å². The molecule has 5 heteroatoms. The highest BCUT2D eigenvalue weighted by Gasteiger charge is 2.45. The number of hydrogen-bond acceptors (Lipinski definition) is 3. The number of piperidine rings is 1. The quantitative estimate of drug-likeness (QED) is 0.865. The summed E-state index contributed by atoms with van der Waals surface area (Å²) in [5.41, 5.74) is 1.19. The Morgan fingerprint density at radius 1 is 1.65 bits per heavy atom. The predicted octanol–water partition coefficient (Wildman–Crippen LogP) is 3.24. The van der Waals surface area contributed by atoms with Crippen molar-refractivity contribution in [2.45, 2.75) is 51.2 Å². The summed E-state index contributed by atoms with van der Waals surface area (Å²) >= 11 is 1.86. The van der Waals surface area contributed by atoms with E-state index in [-0.39, 0.29) is 11.6 Å². The van der Waals surface area contributed by atoms with Crippen LogP contribution in [0, 0.1) is 0 Å². The van der Waals surface area contributed by atoms with Gasteiger partial charge in [-0.05, 0) is 37.8 Å². The van der Waals surface area contributed by atoms with E-state index in [0.29, 0.717) is 6.54 Å². The van der Waals surface area contributed by atoms with Gasteiger partial charge in [-0.2, -0.15) is 0 Å². The van der Waals surface area contributed by atoms with Gasteiger partial charge in [-0.1, -0.05) is 6.92 Å². The first kappa shape index (κ1) is 13.9. The summed E-state index contributed by atoms with van der Waals surface area (Å²) in [6.07, 6.45) is 2.79. The number of thiophene rings is 1. The Kier molecular flexibility index (Phi) is 3.50. The van der Waals surface area contributed by atoms with Crippen LogP contribution in [0.3, 0.4) is 0 Å². The van der Waals surface area contributed by atoms with E-state index >= 15 is 0 Å². The van der Waals surface area contributed by atoms with Gasteiger partial charge in [0.15, 0.2) is 0 Å². The highest BCUT2D eigenvalue weighted by Crippen LogP contribution is 2.46. The zero-order valence-corrected chi connectivity index (χ0v) is 12.8. The number of aryl methyl sites for hydroxylation is 1. The van der Waals surface area contributed by atoms with Gasteiger partial charge < -0.3 is 14.7 Å². The van der Waals surface area contributed by atoms with Crippen LogP contribution in [0.15, 0.2) is 6.07 Å². The summed E-state index contributed by atoms with van der Waals surface area (Å²) in [6, 6.07) is 2.33. The van der Waals surface area contributed by atoms with Crippen molar-refractivity contribution >= 4 is 17.4 Å². The molecular weight excluding hydrogens is 274 g/mol. The van der Waals surface area contributed by atoms with E-state index in [4.69, 9.17) is 4.74 Å². The maximum Gasteiger partial charge on any atom is 0.407 e. The van der Waals surface area contributed by atoms with E-state index in [2.05, 4.69) is 13.0 Å². The van der Waals surface area contributed by atoms with Crippen LogP contribution in [0.2, 0.25) is 0 Å². The lowest BCUT2D eigenvalue weighted by atomic mass is 9.82. The molecule has 1 fully saturated rings. The summed E-state index contributed by atoms with van der Waals surface area (Å²) in [5, 5.41) is 9.22. The molecule has 0 aliphatic carbocycles. The fourth-order valence-electron chi connectivity index (χ4n) is 3.49. The minimum absolute atomic E-state index is 0.0133. The van der Waals surface area contributed by atoms with Gasteiger partial charge >= 0.3 is 6.09 Å². The van der Waals surface area contributed by atoms with Crippen LogP contribution in [0.25, 0.3) is 0 Å². The lowest BCUT2D eigenvalue weighted by molar-refractivity contribution is -0.104. The Morgan fingerprint density at radius 2 is 2.45 bits per heavy atom. The summed E-state index contributed by atoms with van der Waals surface area (Å²) in [6.45, 7) is 5.49. The Bertz CT molecular complexity index is 527. The van der Waals surface area contributed by atoms with E-state index in [1.807, 2.05) is 18.3 Å². The molecule has 4 nitrogen and oxygen atoms in total. The molecule has 110 valence electrons. The van der Waals surface area contributed by atoms with Crippen LogP contribution in [0.5, 0.6) is 0 Å². The smallest absolute Gasteiger partial charge is 0.407 e. The molecule has 1 aromatic rings. The standard InChI is InChI=1S/C15H21NO3S/c1-3-12-8-11-4-7-19-15(13(11)20-12)5-6-16(14(17)18)10(2)9-15/h8,10H,3-7,9H2,1-2H3,(H,17,18)/t10-,15+/m0/s1. The van der Waals surface area contributed by atoms with Crippen LogP contribution in [-0.2, 0) is 23.2 Å². The Morgan fingerprint density at radius 3 is 3.10 bits per heavy atom. The molecule has 3 rings (SSSR count). The van der Waals surface area contributed by atoms with E-state index in [0.717, 1.165) is 32.3 Å². The predicted molar refractivity (Wildman–Crippen MR) is 78.5 cm³/mol. The second kappa shape index (κ2) is 5.04. The van der Waals surface area contributed by atoms with Crippen LogP contribution >= 0.6 is 11.3 Å². The fraction of sp³-hybridized carbons (Fsp3) is 0.667. The van der Waals surface area contributed by atoms with Crippen LogP contribution in [0.4, 0.5) is 4.79 Å². The van der Waals surface area contributed by atoms with Crippen LogP contribution < -0.4 is 0 Å². The van der Waals surface area contributed by atoms with Crippen molar-refractivity contribution in [1.29, 1.82) is 0 Å². The Hall–Kier alpha value is -1.07. The molecule has 1 amide bonds. The molecule has 1 saturated heterocycles. The lowest BCUT2D eigenvalue weighted by Gasteiger charge is -2.46. The van der Waals surface area contributed by atoms with E-state index < -0.39 is 6.09 Å². The molecule has 2 aliphatic heterocycles. The number of amides is 1. The first-order valence-corrected chi connectivity index (χ1v) is 8.13. The van der Waals surface area contributed by atoms with Gasteiger partial charge in [0, 0.05) is 28.8 Å². The van der Waals surface area contributed by atoms with Gasteiger partial charge in [-0.3, -0.25) is 0 Å². The molecule has 1 N–H and O–H groups in total. The highest BCUT2D eigenvalue weighted by atomic mass is 32.1. The van der Waals surface area contributed by atoms with Crippen LogP contribution in [0.1, 0.15) is 42.0 Å². The monoisotopic (exact) mass is 295 g/mol.